The van der Waals surface area contributed by atoms with Crippen LogP contribution in [0.15, 0.2) is 18.2 Å². The van der Waals surface area contributed by atoms with Gasteiger partial charge in [0.1, 0.15) is 6.54 Å². The second-order valence-corrected chi connectivity index (χ2v) is 10.1. The largest absolute Gasteiger partial charge is 0.490 e. The Morgan fingerprint density at radius 2 is 1.97 bits per heavy atom. The quantitative estimate of drug-likeness (QED) is 0.331. The van der Waals surface area contributed by atoms with Gasteiger partial charge in [0.15, 0.2) is 11.6 Å². The van der Waals surface area contributed by atoms with E-state index >= 15 is 0 Å². The van der Waals surface area contributed by atoms with Gasteiger partial charge in [0.05, 0.1) is 12.4 Å². The number of ether oxygens (including phenoxy) is 1. The van der Waals surface area contributed by atoms with Crippen molar-refractivity contribution in [2.75, 3.05) is 32.0 Å². The van der Waals surface area contributed by atoms with Gasteiger partial charge in [-0.2, -0.15) is 0 Å². The Morgan fingerprint density at radius 1 is 1.16 bits per heavy atom. The van der Waals surface area contributed by atoms with Crippen molar-refractivity contribution in [3.8, 4) is 5.75 Å². The number of hydrogen-bond acceptors (Lipinski definition) is 5. The summed E-state index contributed by atoms with van der Waals surface area (Å²) in [5.74, 6) is 0.150. The van der Waals surface area contributed by atoms with Gasteiger partial charge in [0.25, 0.3) is 0 Å². The van der Waals surface area contributed by atoms with E-state index in [1.54, 1.807) is 12.1 Å². The van der Waals surface area contributed by atoms with Crippen molar-refractivity contribution < 1.29 is 27.1 Å². The number of nitrogens with zero attached hydrogens (tertiary/aromatic N) is 1. The number of rotatable bonds is 14. The molecule has 2 fully saturated rings. The zero-order valence-corrected chi connectivity index (χ0v) is 18.4. The molecule has 1 heterocycles. The number of benzene rings is 1. The maximum Gasteiger partial charge on any atom is 0.324 e. The number of carbonyl (C=O) groups is 2. The first-order chi connectivity index (χ1) is 14.8. The first-order valence-electron chi connectivity index (χ1n) is 10.8. The van der Waals surface area contributed by atoms with Crippen LogP contribution in [0.5, 0.6) is 5.75 Å². The minimum Gasteiger partial charge on any atom is -0.490 e. The molecule has 0 unspecified atom stereocenters. The Morgan fingerprint density at radius 3 is 2.68 bits per heavy atom. The highest BCUT2D eigenvalue weighted by atomic mass is 32.2. The van der Waals surface area contributed by atoms with E-state index in [0.29, 0.717) is 57.7 Å². The fourth-order valence-corrected chi connectivity index (χ4v) is 4.52. The van der Waals surface area contributed by atoms with Gasteiger partial charge in [0, 0.05) is 13.1 Å². The monoisotopic (exact) mass is 455 g/mol. The molecule has 1 aromatic rings. The zero-order valence-electron chi connectivity index (χ0n) is 17.6. The van der Waals surface area contributed by atoms with Crippen LogP contribution in [-0.2, 0) is 21.2 Å². The Balaban J connectivity index is 1.28. The first kappa shape index (κ1) is 23.5. The molecule has 3 amide bonds. The first-order valence-corrected chi connectivity index (χ1v) is 12.4. The topological polar surface area (TPSA) is 105 Å². The van der Waals surface area contributed by atoms with Crippen LogP contribution in [0.2, 0.25) is 0 Å². The van der Waals surface area contributed by atoms with Crippen molar-refractivity contribution in [3.63, 3.8) is 0 Å². The smallest absolute Gasteiger partial charge is 0.324 e. The van der Waals surface area contributed by atoms with Crippen molar-refractivity contribution in [1.29, 1.82) is 0 Å². The van der Waals surface area contributed by atoms with Crippen LogP contribution in [0.3, 0.4) is 0 Å². The SMILES string of the molecule is O=C1CN(CCCCCS(=O)(=O)NCCCc2ccc(F)c(OCC3CC3)c2)C(=O)N1. The zero-order chi connectivity index (χ0) is 22.3. The van der Waals surface area contributed by atoms with E-state index in [1.165, 1.54) is 11.0 Å². The van der Waals surface area contributed by atoms with Gasteiger partial charge in [0.2, 0.25) is 15.9 Å². The standard InChI is InChI=1S/C21H30FN3O5S/c22-18-9-8-16(13-19(18)30-15-17-6-7-17)5-4-10-23-31(28,29)12-3-1-2-11-25-14-20(26)24-21(25)27/h8-9,13,17,23H,1-7,10-12,14-15H2,(H,24,26,27). The molecule has 172 valence electrons. The molecule has 3 rings (SSSR count). The Hall–Kier alpha value is -2.20. The molecule has 2 aliphatic rings. The summed E-state index contributed by atoms with van der Waals surface area (Å²) in [5.41, 5.74) is 0.913. The van der Waals surface area contributed by atoms with E-state index in [1.807, 2.05) is 0 Å². The predicted octanol–water partition coefficient (Wildman–Crippen LogP) is 2.19. The number of halogens is 1. The summed E-state index contributed by atoms with van der Waals surface area (Å²) < 4.78 is 46.2. The van der Waals surface area contributed by atoms with Gasteiger partial charge in [-0.3, -0.25) is 10.1 Å². The number of imide groups is 1. The third-order valence-corrected chi connectivity index (χ3v) is 6.81. The number of sulfonamides is 1. The number of urea groups is 1. The maximum absolute atomic E-state index is 13.8. The van der Waals surface area contributed by atoms with Crippen molar-refractivity contribution >= 4 is 22.0 Å². The van der Waals surface area contributed by atoms with Crippen LogP contribution in [0, 0.1) is 11.7 Å². The molecule has 2 N–H and O–H groups in total. The fourth-order valence-electron chi connectivity index (χ4n) is 3.33. The fraction of sp³-hybridized carbons (Fsp3) is 0.619. The second kappa shape index (κ2) is 10.9. The molecule has 8 nitrogen and oxygen atoms in total. The van der Waals surface area contributed by atoms with Crippen molar-refractivity contribution in [2.24, 2.45) is 5.92 Å². The summed E-state index contributed by atoms with van der Waals surface area (Å²) >= 11 is 0. The molecule has 31 heavy (non-hydrogen) atoms. The average molecular weight is 456 g/mol. The molecule has 0 spiro atoms. The number of unbranched alkanes of at least 4 members (excludes halogenated alkanes) is 2. The Bertz CT molecular complexity index is 889. The summed E-state index contributed by atoms with van der Waals surface area (Å²) in [4.78, 5) is 23.9. The van der Waals surface area contributed by atoms with Gasteiger partial charge in [-0.1, -0.05) is 12.5 Å². The molecule has 0 atom stereocenters. The predicted molar refractivity (Wildman–Crippen MR) is 114 cm³/mol. The van der Waals surface area contributed by atoms with E-state index in [9.17, 15) is 22.4 Å². The number of carbonyl (C=O) groups excluding carboxylic acids is 2. The van der Waals surface area contributed by atoms with Crippen LogP contribution < -0.4 is 14.8 Å². The highest BCUT2D eigenvalue weighted by molar-refractivity contribution is 7.89. The summed E-state index contributed by atoms with van der Waals surface area (Å²) in [5, 5.41) is 2.21. The molecule has 0 radical (unpaired) electrons. The molecule has 1 saturated heterocycles. The molecular formula is C21H30FN3O5S. The molecule has 1 aromatic carbocycles. The lowest BCUT2D eigenvalue weighted by molar-refractivity contribution is -0.118. The van der Waals surface area contributed by atoms with Gasteiger partial charge in [-0.05, 0) is 62.1 Å². The summed E-state index contributed by atoms with van der Waals surface area (Å²) in [6.45, 7) is 1.37. The van der Waals surface area contributed by atoms with E-state index in [4.69, 9.17) is 4.74 Å². The van der Waals surface area contributed by atoms with Crippen molar-refractivity contribution in [3.05, 3.63) is 29.6 Å². The third-order valence-electron chi connectivity index (χ3n) is 5.34. The molecule has 1 aliphatic carbocycles. The van der Waals surface area contributed by atoms with Crippen LogP contribution in [0.4, 0.5) is 9.18 Å². The maximum atomic E-state index is 13.8. The molecular weight excluding hydrogens is 425 g/mol. The highest BCUT2D eigenvalue weighted by Crippen LogP contribution is 2.30. The summed E-state index contributed by atoms with van der Waals surface area (Å²) in [6.07, 6.45) is 5.28. The molecule has 0 aromatic heterocycles. The third kappa shape index (κ3) is 8.10. The summed E-state index contributed by atoms with van der Waals surface area (Å²) in [7, 11) is -3.36. The summed E-state index contributed by atoms with van der Waals surface area (Å²) in [6, 6.07) is 4.40. The van der Waals surface area contributed by atoms with Gasteiger partial charge in [-0.15, -0.1) is 0 Å². The second-order valence-electron chi connectivity index (χ2n) is 8.17. The average Bonchev–Trinajstić information content (AvgIpc) is 3.49. The molecule has 1 aliphatic heterocycles. The minimum absolute atomic E-state index is 0.0217. The highest BCUT2D eigenvalue weighted by Gasteiger charge is 2.25. The number of hydrogen-bond donors (Lipinski definition) is 2. The number of aryl methyl sites for hydroxylation is 1. The van der Waals surface area contributed by atoms with Crippen LogP contribution in [0.25, 0.3) is 0 Å². The molecule has 0 bridgehead atoms. The lowest BCUT2D eigenvalue weighted by Crippen LogP contribution is -2.29. The van der Waals surface area contributed by atoms with Crippen LogP contribution >= 0.6 is 0 Å². The minimum atomic E-state index is -3.36. The van der Waals surface area contributed by atoms with Gasteiger partial charge in [-0.25, -0.2) is 22.3 Å². The molecule has 1 saturated carbocycles. The van der Waals surface area contributed by atoms with Crippen LogP contribution in [-0.4, -0.2) is 57.3 Å². The van der Waals surface area contributed by atoms with E-state index in [0.717, 1.165) is 18.4 Å². The Labute approximate surface area is 182 Å². The molecule has 10 heteroatoms. The van der Waals surface area contributed by atoms with Gasteiger partial charge < -0.3 is 9.64 Å². The lowest BCUT2D eigenvalue weighted by atomic mass is 10.1. The van der Waals surface area contributed by atoms with Crippen molar-refractivity contribution in [1.82, 2.24) is 14.9 Å². The van der Waals surface area contributed by atoms with Crippen molar-refractivity contribution in [2.45, 2.75) is 44.9 Å². The van der Waals surface area contributed by atoms with E-state index in [-0.39, 0.29) is 35.8 Å². The normalized spacial score (nSPS) is 16.6. The lowest BCUT2D eigenvalue weighted by Gasteiger charge is -2.12. The Kier molecular flexibility index (Phi) is 8.25. The van der Waals surface area contributed by atoms with E-state index in [2.05, 4.69) is 10.0 Å². The van der Waals surface area contributed by atoms with Gasteiger partial charge >= 0.3 is 6.03 Å². The van der Waals surface area contributed by atoms with Crippen LogP contribution in [0.1, 0.15) is 44.1 Å². The van der Waals surface area contributed by atoms with E-state index < -0.39 is 10.0 Å². The number of amides is 3. The number of nitrogens with one attached hydrogen (secondary N) is 2.